The summed E-state index contributed by atoms with van der Waals surface area (Å²) in [5.74, 6) is -26.9. The maximum Gasteiger partial charge on any atom is 0.437 e. The van der Waals surface area contributed by atoms with Crippen molar-refractivity contribution < 1.29 is 91.0 Å². The lowest BCUT2D eigenvalue weighted by Gasteiger charge is -2.60. The average Bonchev–Trinajstić information content (AvgIpc) is 3.75. The fraction of sp³-hybridized carbons (Fsp3) is 0.694. The first-order chi connectivity index (χ1) is 26.7. The molecule has 1 aromatic rings. The Hall–Kier alpha value is -4.08. The molecule has 6 aliphatic carbocycles. The molecule has 58 heavy (non-hydrogen) atoms. The molecule has 6 bridgehead atoms. The van der Waals surface area contributed by atoms with Crippen LogP contribution in [0.1, 0.15) is 79.5 Å². The first-order valence-electron chi connectivity index (χ1n) is 18.5. The molecule has 0 spiro atoms. The van der Waals surface area contributed by atoms with Gasteiger partial charge < -0.3 is 24.3 Å². The number of rotatable bonds is 13. The lowest BCUT2D eigenvalue weighted by Crippen LogP contribution is -2.61. The van der Waals surface area contributed by atoms with Gasteiger partial charge in [0.1, 0.15) is 23.6 Å². The van der Waals surface area contributed by atoms with E-state index in [1.54, 1.807) is 0 Å². The van der Waals surface area contributed by atoms with Crippen LogP contribution in [0.25, 0.3) is 0 Å². The summed E-state index contributed by atoms with van der Waals surface area (Å²) < 4.78 is 164. The normalized spacial score (nSPS) is 33.8. The summed E-state index contributed by atoms with van der Waals surface area (Å²) in [6.45, 7) is -0.644. The van der Waals surface area contributed by atoms with Crippen LogP contribution >= 0.6 is 0 Å². The Kier molecular flexibility index (Phi) is 9.96. The zero-order valence-corrected chi connectivity index (χ0v) is 31.3. The smallest absolute Gasteiger partial charge is 0.437 e. The minimum Gasteiger partial charge on any atom is -0.458 e. The highest BCUT2D eigenvalue weighted by atomic mass is 32.2. The maximum absolute atomic E-state index is 14.3. The largest absolute Gasteiger partial charge is 0.458 e. The van der Waals surface area contributed by atoms with Gasteiger partial charge in [-0.2, -0.15) is 43.5 Å². The molecule has 22 heteroatoms. The Morgan fingerprint density at radius 1 is 0.897 bits per heavy atom. The Morgan fingerprint density at radius 3 is 2.03 bits per heavy atom. The average molecular weight is 860 g/mol. The number of nitrogens with one attached hydrogen (secondary N) is 1. The van der Waals surface area contributed by atoms with Crippen LogP contribution < -0.4 is 10.1 Å². The number of amides is 1. The molecule has 320 valence electrons. The Morgan fingerprint density at radius 2 is 1.48 bits per heavy atom. The van der Waals surface area contributed by atoms with Crippen molar-refractivity contribution in [3.05, 3.63) is 29.3 Å². The topological polar surface area (TPSA) is 189 Å². The molecule has 1 aliphatic heterocycles. The number of hydrogen-bond donors (Lipinski definition) is 2. The van der Waals surface area contributed by atoms with Gasteiger partial charge in [0, 0.05) is 24.3 Å². The van der Waals surface area contributed by atoms with Crippen LogP contribution in [-0.4, -0.2) is 90.1 Å². The predicted octanol–water partition coefficient (Wildman–Crippen LogP) is 5.21. The number of carbonyl (C=O) groups excluding carboxylic acids is 5. The van der Waals surface area contributed by atoms with E-state index in [2.05, 4.69) is 4.74 Å². The van der Waals surface area contributed by atoms with Crippen LogP contribution in [0.4, 0.5) is 35.1 Å². The van der Waals surface area contributed by atoms with Crippen molar-refractivity contribution in [2.24, 2.45) is 47.3 Å². The number of fused-ring (bicyclic) bond motifs is 1. The van der Waals surface area contributed by atoms with E-state index in [1.807, 2.05) is 6.92 Å². The highest BCUT2D eigenvalue weighted by molar-refractivity contribution is 7.87. The summed E-state index contributed by atoms with van der Waals surface area (Å²) >= 11 is 0. The molecule has 0 radical (unpaired) electrons. The molecule has 13 nitrogen and oxygen atoms in total. The predicted molar refractivity (Wildman–Crippen MR) is 175 cm³/mol. The molecule has 7 fully saturated rings. The number of halogens is 8. The van der Waals surface area contributed by atoms with Crippen LogP contribution in [0.3, 0.4) is 0 Å². The van der Waals surface area contributed by atoms with Gasteiger partial charge in [0.05, 0.1) is 23.9 Å². The summed E-state index contributed by atoms with van der Waals surface area (Å²) in [5, 5.41) is -5.62. The van der Waals surface area contributed by atoms with Gasteiger partial charge >= 0.3 is 57.0 Å². The van der Waals surface area contributed by atoms with Crippen LogP contribution in [-0.2, 0) is 38.7 Å². The highest BCUT2D eigenvalue weighted by Gasteiger charge is 2.77. The number of carbonyl (C=O) groups is 5. The van der Waals surface area contributed by atoms with E-state index in [0.29, 0.717) is 36.5 Å². The molecular weight excluding hydrogens is 822 g/mol. The number of alkyl halides is 8. The van der Waals surface area contributed by atoms with Crippen LogP contribution in [0.5, 0.6) is 5.75 Å². The second kappa shape index (κ2) is 13.7. The van der Waals surface area contributed by atoms with E-state index in [9.17, 15) is 67.5 Å². The van der Waals surface area contributed by atoms with E-state index in [-0.39, 0.29) is 25.2 Å². The van der Waals surface area contributed by atoms with Crippen molar-refractivity contribution in [2.45, 2.75) is 99.6 Å². The van der Waals surface area contributed by atoms with Crippen LogP contribution in [0.2, 0.25) is 0 Å². The molecule has 7 aliphatic rings. The highest BCUT2D eigenvalue weighted by Crippen LogP contribution is 2.63. The third kappa shape index (κ3) is 6.59. The second-order valence-corrected chi connectivity index (χ2v) is 17.9. The minimum absolute atomic E-state index is 0.115. The molecule has 1 heterocycles. The third-order valence-electron chi connectivity index (χ3n) is 13.0. The quantitative estimate of drug-likeness (QED) is 0.0868. The number of hydrogen-bond acceptors (Lipinski definition) is 11. The molecular formula is C36H37F8NO12S. The van der Waals surface area contributed by atoms with E-state index in [0.717, 1.165) is 37.4 Å². The van der Waals surface area contributed by atoms with Gasteiger partial charge in [0.25, 0.3) is 5.91 Å². The van der Waals surface area contributed by atoms with Gasteiger partial charge in [-0.3, -0.25) is 18.9 Å². The SMILES string of the molecule is CCC1(OC(=O)C2C3CC4C(OC(=O)C42)C3OC(=O)c2cc(OC(=O)C(C)(F)F)cc(C(=O)NCC(F)(F)C(F)(F)C(F)(F)S(=O)(=O)O)c2)C2CC3CC(C2)CC1C3. The summed E-state index contributed by atoms with van der Waals surface area (Å²) in [6, 6.07) is 1.57. The lowest BCUT2D eigenvalue weighted by atomic mass is 9.49. The number of benzene rings is 1. The monoisotopic (exact) mass is 859 g/mol. The van der Waals surface area contributed by atoms with Crippen molar-refractivity contribution >= 4 is 39.9 Å². The van der Waals surface area contributed by atoms with E-state index in [1.165, 1.54) is 0 Å². The zero-order chi connectivity index (χ0) is 42.7. The molecule has 6 saturated carbocycles. The van der Waals surface area contributed by atoms with E-state index in [4.69, 9.17) is 18.8 Å². The Bertz CT molecular complexity index is 2010. The molecule has 2 N–H and O–H groups in total. The minimum atomic E-state index is -7.11. The number of esters is 4. The lowest BCUT2D eigenvalue weighted by molar-refractivity contribution is -0.277. The van der Waals surface area contributed by atoms with Crippen molar-refractivity contribution in [3.63, 3.8) is 0 Å². The zero-order valence-electron chi connectivity index (χ0n) is 30.5. The summed E-state index contributed by atoms with van der Waals surface area (Å²) in [5.41, 5.74) is -2.58. The fourth-order valence-corrected chi connectivity index (χ4v) is 11.1. The van der Waals surface area contributed by atoms with Gasteiger partial charge in [0.2, 0.25) is 0 Å². The first kappa shape index (κ1) is 42.1. The molecule has 0 aromatic heterocycles. The molecule has 1 aromatic carbocycles. The van der Waals surface area contributed by atoms with Crippen molar-refractivity contribution in [2.75, 3.05) is 6.54 Å². The summed E-state index contributed by atoms with van der Waals surface area (Å²) in [7, 11) is -7.11. The Labute approximate surface area is 324 Å². The first-order valence-corrected chi connectivity index (χ1v) is 19.9. The van der Waals surface area contributed by atoms with E-state index < -0.39 is 128 Å². The summed E-state index contributed by atoms with van der Waals surface area (Å²) in [4.78, 5) is 65.8. The molecule has 1 amide bonds. The molecule has 8 rings (SSSR count). The van der Waals surface area contributed by atoms with Crippen LogP contribution in [0.15, 0.2) is 18.2 Å². The molecule has 6 unspecified atom stereocenters. The van der Waals surface area contributed by atoms with Gasteiger partial charge in [-0.25, -0.2) is 9.59 Å². The maximum atomic E-state index is 14.3. The van der Waals surface area contributed by atoms with Crippen molar-refractivity contribution in [1.29, 1.82) is 0 Å². The fourth-order valence-electron chi connectivity index (χ4n) is 10.6. The standard InChI is InChI=1S/C36H37F8NO12S/c1-3-33(18-5-14-4-15(7-18)8-19(33)6-14)57-30(49)24-22-12-21-23(24)29(48)56-26(21)25(22)55-28(47)17-9-16(10-20(11-17)54-31(50)32(2,37)38)27(46)45-13-34(39,40)35(41,42)36(43,44)58(51,52)53/h9-11,14-15,18-19,21-26H,3-8,12-13H2,1-2H3,(H,45,46)(H,51,52,53). The van der Waals surface area contributed by atoms with E-state index >= 15 is 0 Å². The van der Waals surface area contributed by atoms with Crippen molar-refractivity contribution in [1.82, 2.24) is 5.32 Å². The Balaban J connectivity index is 1.12. The van der Waals surface area contributed by atoms with Gasteiger partial charge in [-0.15, -0.1) is 0 Å². The molecule has 1 saturated heterocycles. The third-order valence-corrected chi connectivity index (χ3v) is 13.9. The van der Waals surface area contributed by atoms with Crippen molar-refractivity contribution in [3.8, 4) is 5.75 Å². The van der Waals surface area contributed by atoms with Gasteiger partial charge in [-0.1, -0.05) is 6.92 Å². The second-order valence-electron chi connectivity index (χ2n) is 16.4. The van der Waals surface area contributed by atoms with Gasteiger partial charge in [-0.05, 0) is 86.8 Å². The summed E-state index contributed by atoms with van der Waals surface area (Å²) in [6.07, 6.45) is 3.23. The number of ether oxygens (including phenoxy) is 4. The van der Waals surface area contributed by atoms with Gasteiger partial charge in [0.15, 0.2) is 0 Å². The molecule has 6 atom stereocenters. The van der Waals surface area contributed by atoms with Crippen LogP contribution in [0, 0.1) is 47.3 Å².